The van der Waals surface area contributed by atoms with Gasteiger partial charge in [0.2, 0.25) is 5.91 Å². The molecular weight excluding hydrogens is 358 g/mol. The molecule has 0 saturated carbocycles. The Morgan fingerprint density at radius 1 is 1.00 bits per heavy atom. The first-order valence-corrected chi connectivity index (χ1v) is 10.6. The highest BCUT2D eigenvalue weighted by atomic mass is 16.5. The normalized spacial score (nSPS) is 25.1. The highest BCUT2D eigenvalue weighted by Gasteiger charge is 2.35. The van der Waals surface area contributed by atoms with Gasteiger partial charge in [0.25, 0.3) is 5.91 Å². The summed E-state index contributed by atoms with van der Waals surface area (Å²) in [7, 11) is 0. The van der Waals surface area contributed by atoms with E-state index in [0.717, 1.165) is 70.5 Å². The lowest BCUT2D eigenvalue weighted by Gasteiger charge is -2.42. The van der Waals surface area contributed by atoms with Gasteiger partial charge in [0.15, 0.2) is 5.76 Å². The molecule has 28 heavy (non-hydrogen) atoms. The second-order valence-electron chi connectivity index (χ2n) is 8.23. The van der Waals surface area contributed by atoms with E-state index in [1.807, 2.05) is 22.8 Å². The molecule has 154 valence electrons. The van der Waals surface area contributed by atoms with Gasteiger partial charge in [-0.1, -0.05) is 0 Å². The fraction of sp³-hybridized carbons (Fsp3) is 0.714. The van der Waals surface area contributed by atoms with E-state index in [2.05, 4.69) is 4.90 Å². The van der Waals surface area contributed by atoms with Crippen LogP contribution in [0.4, 0.5) is 0 Å². The summed E-state index contributed by atoms with van der Waals surface area (Å²) in [4.78, 5) is 31.9. The maximum Gasteiger partial charge on any atom is 0.289 e. The van der Waals surface area contributed by atoms with Crippen LogP contribution < -0.4 is 0 Å². The zero-order valence-corrected chi connectivity index (χ0v) is 16.8. The van der Waals surface area contributed by atoms with Crippen LogP contribution in [-0.2, 0) is 9.53 Å². The van der Waals surface area contributed by atoms with Crippen molar-refractivity contribution in [3.05, 3.63) is 23.7 Å². The number of ether oxygens (including phenoxy) is 1. The van der Waals surface area contributed by atoms with E-state index in [1.165, 1.54) is 0 Å². The zero-order valence-electron chi connectivity index (χ0n) is 16.8. The molecule has 3 saturated heterocycles. The largest absolute Gasteiger partial charge is 0.459 e. The van der Waals surface area contributed by atoms with Crippen molar-refractivity contribution in [3.63, 3.8) is 0 Å². The van der Waals surface area contributed by atoms with Crippen LogP contribution in [0.15, 0.2) is 16.7 Å². The topological polar surface area (TPSA) is 66.2 Å². The minimum absolute atomic E-state index is 0.0000316. The molecule has 0 aromatic carbocycles. The molecule has 3 aliphatic heterocycles. The predicted octanol–water partition coefficient (Wildman–Crippen LogP) is 1.76. The third kappa shape index (κ3) is 4.10. The molecule has 3 fully saturated rings. The van der Waals surface area contributed by atoms with Crippen LogP contribution >= 0.6 is 0 Å². The molecule has 0 bridgehead atoms. The number of hydrogen-bond acceptors (Lipinski definition) is 5. The molecule has 7 heteroatoms. The molecule has 7 nitrogen and oxygen atoms in total. The average Bonchev–Trinajstić information content (AvgIpc) is 3.19. The maximum absolute atomic E-state index is 12.9. The summed E-state index contributed by atoms with van der Waals surface area (Å²) in [6, 6.07) is 2.29. The molecular formula is C21H31N3O4. The van der Waals surface area contributed by atoms with Crippen molar-refractivity contribution in [2.75, 3.05) is 52.5 Å². The van der Waals surface area contributed by atoms with E-state index >= 15 is 0 Å². The van der Waals surface area contributed by atoms with Gasteiger partial charge in [0.05, 0.1) is 25.4 Å². The summed E-state index contributed by atoms with van der Waals surface area (Å²) < 4.78 is 10.7. The summed E-state index contributed by atoms with van der Waals surface area (Å²) >= 11 is 0. The van der Waals surface area contributed by atoms with E-state index in [9.17, 15) is 9.59 Å². The standard InChI is InChI=1S/C21H31N3O4/c1-16-6-12-28-19(16)21(26)22-8-4-18(5-9-22)24-7-2-3-17(15-24)20(25)23-10-13-27-14-11-23/h6,12,17-18H,2-5,7-11,13-15H2,1H3/t17-/m1/s1. The minimum Gasteiger partial charge on any atom is -0.459 e. The van der Waals surface area contributed by atoms with Crippen LogP contribution in [0.1, 0.15) is 41.8 Å². The molecule has 0 spiro atoms. The number of hydrogen-bond donors (Lipinski definition) is 0. The fourth-order valence-corrected chi connectivity index (χ4v) is 4.75. The first-order chi connectivity index (χ1) is 13.6. The lowest BCUT2D eigenvalue weighted by Crippen LogP contribution is -2.53. The SMILES string of the molecule is Cc1ccoc1C(=O)N1CCC(N2CCC[C@@H](C(=O)N3CCOCC3)C2)CC1. The number of carbonyl (C=O) groups excluding carboxylic acids is 2. The Balaban J connectivity index is 1.30. The summed E-state index contributed by atoms with van der Waals surface area (Å²) in [5.41, 5.74) is 0.896. The highest BCUT2D eigenvalue weighted by Crippen LogP contribution is 2.26. The quantitative estimate of drug-likeness (QED) is 0.788. The van der Waals surface area contributed by atoms with Crippen LogP contribution in [0.3, 0.4) is 0 Å². The minimum atomic E-state index is -0.0000316. The predicted molar refractivity (Wildman–Crippen MR) is 104 cm³/mol. The Morgan fingerprint density at radius 2 is 1.75 bits per heavy atom. The third-order valence-electron chi connectivity index (χ3n) is 6.45. The molecule has 0 N–H and O–H groups in total. The van der Waals surface area contributed by atoms with E-state index in [1.54, 1.807) is 6.26 Å². The van der Waals surface area contributed by atoms with Crippen molar-refractivity contribution in [2.24, 2.45) is 5.92 Å². The number of aryl methyl sites for hydroxylation is 1. The molecule has 1 aromatic heterocycles. The van der Waals surface area contributed by atoms with Crippen LogP contribution in [0, 0.1) is 12.8 Å². The van der Waals surface area contributed by atoms with Crippen LogP contribution in [0.25, 0.3) is 0 Å². The lowest BCUT2D eigenvalue weighted by molar-refractivity contribution is -0.141. The van der Waals surface area contributed by atoms with Gasteiger partial charge in [-0.15, -0.1) is 0 Å². The molecule has 0 radical (unpaired) electrons. The van der Waals surface area contributed by atoms with Crippen molar-refractivity contribution in [2.45, 2.75) is 38.6 Å². The molecule has 3 aliphatic rings. The average molecular weight is 389 g/mol. The number of nitrogens with zero attached hydrogens (tertiary/aromatic N) is 3. The molecule has 4 heterocycles. The first kappa shape index (κ1) is 19.5. The number of furan rings is 1. The van der Waals surface area contributed by atoms with E-state index < -0.39 is 0 Å². The Bertz CT molecular complexity index is 690. The summed E-state index contributed by atoms with van der Waals surface area (Å²) in [6.07, 6.45) is 5.57. The van der Waals surface area contributed by atoms with Crippen molar-refractivity contribution < 1.29 is 18.7 Å². The second-order valence-corrected chi connectivity index (χ2v) is 8.23. The van der Waals surface area contributed by atoms with Gasteiger partial charge < -0.3 is 19.0 Å². The van der Waals surface area contributed by atoms with E-state index in [0.29, 0.717) is 30.9 Å². The summed E-state index contributed by atoms with van der Waals surface area (Å²) in [5.74, 6) is 0.874. The van der Waals surface area contributed by atoms with Gasteiger partial charge in [-0.2, -0.15) is 0 Å². The van der Waals surface area contributed by atoms with E-state index in [4.69, 9.17) is 9.15 Å². The Hall–Kier alpha value is -1.86. The van der Waals surface area contributed by atoms with Gasteiger partial charge in [-0.3, -0.25) is 14.5 Å². The second kappa shape index (κ2) is 8.66. The third-order valence-corrected chi connectivity index (χ3v) is 6.45. The van der Waals surface area contributed by atoms with Crippen molar-refractivity contribution in [1.29, 1.82) is 0 Å². The van der Waals surface area contributed by atoms with Crippen LogP contribution in [-0.4, -0.2) is 85.0 Å². The Morgan fingerprint density at radius 3 is 2.43 bits per heavy atom. The number of carbonyl (C=O) groups is 2. The van der Waals surface area contributed by atoms with Gasteiger partial charge in [-0.05, 0) is 45.2 Å². The molecule has 4 rings (SSSR count). The Kier molecular flexibility index (Phi) is 6.01. The number of piperidine rings is 2. The van der Waals surface area contributed by atoms with Crippen LogP contribution in [0.2, 0.25) is 0 Å². The van der Waals surface area contributed by atoms with Gasteiger partial charge in [0.1, 0.15) is 0 Å². The molecule has 0 unspecified atom stereocenters. The Labute approximate surface area is 166 Å². The van der Waals surface area contributed by atoms with Crippen LogP contribution in [0.5, 0.6) is 0 Å². The number of morpholine rings is 1. The smallest absolute Gasteiger partial charge is 0.289 e. The number of rotatable bonds is 3. The first-order valence-electron chi connectivity index (χ1n) is 10.6. The highest BCUT2D eigenvalue weighted by molar-refractivity contribution is 5.92. The van der Waals surface area contributed by atoms with Crippen molar-refractivity contribution >= 4 is 11.8 Å². The summed E-state index contributed by atoms with van der Waals surface area (Å²) in [5, 5.41) is 0. The number of likely N-dealkylation sites (tertiary alicyclic amines) is 2. The molecule has 1 aromatic rings. The van der Waals surface area contributed by atoms with Crippen molar-refractivity contribution in [3.8, 4) is 0 Å². The molecule has 2 amide bonds. The van der Waals surface area contributed by atoms with Gasteiger partial charge in [0, 0.05) is 44.3 Å². The summed E-state index contributed by atoms with van der Waals surface area (Å²) in [6.45, 7) is 8.08. The van der Waals surface area contributed by atoms with Gasteiger partial charge in [-0.25, -0.2) is 0 Å². The van der Waals surface area contributed by atoms with E-state index in [-0.39, 0.29) is 11.8 Å². The van der Waals surface area contributed by atoms with Gasteiger partial charge >= 0.3 is 0 Å². The molecule has 1 atom stereocenters. The fourth-order valence-electron chi connectivity index (χ4n) is 4.75. The number of amides is 2. The monoisotopic (exact) mass is 389 g/mol. The lowest BCUT2D eigenvalue weighted by atomic mass is 9.92. The van der Waals surface area contributed by atoms with Crippen molar-refractivity contribution in [1.82, 2.24) is 14.7 Å². The maximum atomic E-state index is 12.9. The molecule has 0 aliphatic carbocycles. The zero-order chi connectivity index (χ0) is 19.5.